The molecule has 0 fully saturated rings. The van der Waals surface area contributed by atoms with E-state index in [1.165, 1.54) is 23.3 Å². The maximum Gasteiger partial charge on any atom is 0.0104 e. The highest BCUT2D eigenvalue weighted by molar-refractivity contribution is 7.98. The molecule has 1 aliphatic carbocycles. The van der Waals surface area contributed by atoms with Crippen LogP contribution in [0.25, 0.3) is 0 Å². The van der Waals surface area contributed by atoms with Crippen LogP contribution in [0.3, 0.4) is 0 Å². The summed E-state index contributed by atoms with van der Waals surface area (Å²) in [5.41, 5.74) is 3.10. The number of hydrogen-bond acceptors (Lipinski definition) is 1. The fourth-order valence-corrected chi connectivity index (χ4v) is 2.22. The average Bonchev–Trinajstić information content (AvgIpc) is 2.12. The Hall–Kier alpha value is -0.690. The minimum absolute atomic E-state index is 1.16. The molecule has 0 unspecified atom stereocenters. The van der Waals surface area contributed by atoms with Gasteiger partial charge in [0.05, 0.1) is 0 Å². The molecular weight excluding hydrogens is 176 g/mol. The Bertz CT molecular complexity index is 326. The van der Waals surface area contributed by atoms with Gasteiger partial charge >= 0.3 is 0 Å². The molecule has 0 bridgehead atoms. The smallest absolute Gasteiger partial charge is 0.0104 e. The van der Waals surface area contributed by atoms with Crippen LogP contribution in [0.1, 0.15) is 18.4 Å². The molecule has 1 aromatic rings. The largest absolute Gasteiger partial charge is 0.129 e. The molecule has 0 nitrogen and oxygen atoms in total. The van der Waals surface area contributed by atoms with Gasteiger partial charge in [-0.05, 0) is 37.1 Å². The zero-order chi connectivity index (χ0) is 9.10. The second-order valence-corrected chi connectivity index (χ2v) is 4.24. The van der Waals surface area contributed by atoms with Gasteiger partial charge in [-0.1, -0.05) is 29.8 Å². The Morgan fingerprint density at radius 3 is 2.69 bits per heavy atom. The molecule has 0 atom stereocenters. The summed E-state index contributed by atoms with van der Waals surface area (Å²) >= 11 is 1.84. The van der Waals surface area contributed by atoms with Crippen molar-refractivity contribution in [2.75, 3.05) is 6.26 Å². The monoisotopic (exact) mass is 190 g/mol. The second-order valence-electron chi connectivity index (χ2n) is 3.39. The number of rotatable bonds is 3. The van der Waals surface area contributed by atoms with Crippen molar-refractivity contribution in [3.05, 3.63) is 41.5 Å². The summed E-state index contributed by atoms with van der Waals surface area (Å²) in [6.45, 7) is 0. The summed E-state index contributed by atoms with van der Waals surface area (Å²) in [5, 5.41) is 0. The minimum Gasteiger partial charge on any atom is -0.129 e. The molecule has 0 saturated carbocycles. The van der Waals surface area contributed by atoms with Crippen LogP contribution >= 0.6 is 11.8 Å². The average molecular weight is 190 g/mol. The summed E-state index contributed by atoms with van der Waals surface area (Å²) in [6.07, 6.45) is 8.27. The van der Waals surface area contributed by atoms with Crippen molar-refractivity contribution < 1.29 is 0 Å². The van der Waals surface area contributed by atoms with E-state index in [0.29, 0.717) is 0 Å². The minimum atomic E-state index is 1.16. The van der Waals surface area contributed by atoms with Crippen molar-refractivity contribution in [1.29, 1.82) is 0 Å². The number of allylic oxidation sites excluding steroid dienone is 2. The van der Waals surface area contributed by atoms with E-state index in [0.717, 1.165) is 6.42 Å². The van der Waals surface area contributed by atoms with E-state index >= 15 is 0 Å². The molecule has 13 heavy (non-hydrogen) atoms. The van der Waals surface area contributed by atoms with Crippen LogP contribution in [-0.2, 0) is 6.42 Å². The van der Waals surface area contributed by atoms with Crippen molar-refractivity contribution in [2.45, 2.75) is 24.2 Å². The van der Waals surface area contributed by atoms with E-state index in [1.807, 2.05) is 11.8 Å². The van der Waals surface area contributed by atoms with Crippen molar-refractivity contribution in [3.63, 3.8) is 0 Å². The van der Waals surface area contributed by atoms with Gasteiger partial charge in [-0.3, -0.25) is 0 Å². The maximum absolute atomic E-state index is 2.36. The predicted molar refractivity (Wildman–Crippen MR) is 59.2 cm³/mol. The maximum atomic E-state index is 2.36. The van der Waals surface area contributed by atoms with Crippen LogP contribution in [0.4, 0.5) is 0 Å². The van der Waals surface area contributed by atoms with E-state index in [-0.39, 0.29) is 0 Å². The number of hydrogen-bond donors (Lipinski definition) is 0. The third kappa shape index (κ3) is 1.97. The summed E-state index contributed by atoms with van der Waals surface area (Å²) < 4.78 is 0. The molecule has 0 heterocycles. The zero-order valence-corrected chi connectivity index (χ0v) is 8.73. The fourth-order valence-electron chi connectivity index (χ4n) is 1.60. The van der Waals surface area contributed by atoms with Crippen molar-refractivity contribution >= 4 is 11.8 Å². The van der Waals surface area contributed by atoms with E-state index in [4.69, 9.17) is 0 Å². The van der Waals surface area contributed by atoms with Crippen LogP contribution in [0.5, 0.6) is 0 Å². The molecular formula is C12H14S. The van der Waals surface area contributed by atoms with Crippen LogP contribution in [0.2, 0.25) is 0 Å². The molecule has 0 saturated heterocycles. The molecule has 1 aromatic carbocycles. The Morgan fingerprint density at radius 2 is 2.08 bits per heavy atom. The molecule has 0 radical (unpaired) electrons. The van der Waals surface area contributed by atoms with E-state index < -0.39 is 0 Å². The lowest BCUT2D eigenvalue weighted by atomic mass is 9.93. The summed E-state index contributed by atoms with van der Waals surface area (Å²) in [5.74, 6) is 0. The van der Waals surface area contributed by atoms with E-state index in [1.54, 1.807) is 5.57 Å². The van der Waals surface area contributed by atoms with Gasteiger partial charge in [-0.2, -0.15) is 0 Å². The molecule has 1 aliphatic rings. The highest BCUT2D eigenvalue weighted by Gasteiger charge is 2.08. The van der Waals surface area contributed by atoms with E-state index in [9.17, 15) is 0 Å². The molecule has 68 valence electrons. The SMILES string of the molecule is CSc1ccccc1CC1=CCC1. The first kappa shape index (κ1) is 8.89. The first-order valence-corrected chi connectivity index (χ1v) is 5.92. The second kappa shape index (κ2) is 4.01. The lowest BCUT2D eigenvalue weighted by Crippen LogP contribution is -1.99. The zero-order valence-electron chi connectivity index (χ0n) is 7.92. The highest BCUT2D eigenvalue weighted by Crippen LogP contribution is 2.27. The van der Waals surface area contributed by atoms with Gasteiger partial charge < -0.3 is 0 Å². The fraction of sp³-hybridized carbons (Fsp3) is 0.333. The molecule has 2 rings (SSSR count). The van der Waals surface area contributed by atoms with Gasteiger partial charge in [-0.15, -0.1) is 11.8 Å². The van der Waals surface area contributed by atoms with Crippen LogP contribution in [-0.4, -0.2) is 6.26 Å². The Labute approximate surface area is 84.0 Å². The third-order valence-corrected chi connectivity index (χ3v) is 3.35. The Morgan fingerprint density at radius 1 is 1.31 bits per heavy atom. The molecule has 0 aliphatic heterocycles. The molecule has 0 spiro atoms. The summed E-state index contributed by atoms with van der Waals surface area (Å²) in [7, 11) is 0. The number of thioether (sulfide) groups is 1. The summed E-state index contributed by atoms with van der Waals surface area (Å²) in [6, 6.07) is 8.70. The van der Waals surface area contributed by atoms with Crippen molar-refractivity contribution in [3.8, 4) is 0 Å². The van der Waals surface area contributed by atoms with Crippen LogP contribution in [0, 0.1) is 0 Å². The molecule has 0 aromatic heterocycles. The lowest BCUT2D eigenvalue weighted by Gasteiger charge is -2.15. The Balaban J connectivity index is 2.18. The van der Waals surface area contributed by atoms with Gasteiger partial charge in [0.1, 0.15) is 0 Å². The standard InChI is InChI=1S/C12H14S/c1-13-12-8-3-2-7-11(12)9-10-5-4-6-10/h2-3,5,7-8H,4,6,9H2,1H3. The number of benzene rings is 1. The molecule has 0 amide bonds. The predicted octanol–water partition coefficient (Wildman–Crippen LogP) is 3.67. The van der Waals surface area contributed by atoms with E-state index in [2.05, 4.69) is 36.6 Å². The van der Waals surface area contributed by atoms with Crippen LogP contribution in [0.15, 0.2) is 40.8 Å². The molecule has 0 N–H and O–H groups in total. The molecule has 1 heteroatoms. The topological polar surface area (TPSA) is 0 Å². The van der Waals surface area contributed by atoms with Gasteiger partial charge in [0.25, 0.3) is 0 Å². The van der Waals surface area contributed by atoms with Crippen LogP contribution < -0.4 is 0 Å². The quantitative estimate of drug-likeness (QED) is 0.517. The van der Waals surface area contributed by atoms with Gasteiger partial charge in [-0.25, -0.2) is 0 Å². The highest BCUT2D eigenvalue weighted by atomic mass is 32.2. The normalized spacial score (nSPS) is 15.0. The summed E-state index contributed by atoms with van der Waals surface area (Å²) in [4.78, 5) is 1.43. The first-order chi connectivity index (χ1) is 6.40. The van der Waals surface area contributed by atoms with Gasteiger partial charge in [0.15, 0.2) is 0 Å². The third-order valence-electron chi connectivity index (χ3n) is 2.51. The first-order valence-electron chi connectivity index (χ1n) is 4.70. The Kier molecular flexibility index (Phi) is 2.74. The van der Waals surface area contributed by atoms with Crippen molar-refractivity contribution in [1.82, 2.24) is 0 Å². The van der Waals surface area contributed by atoms with Gasteiger partial charge in [0, 0.05) is 4.90 Å². The lowest BCUT2D eigenvalue weighted by molar-refractivity contribution is 0.823. The van der Waals surface area contributed by atoms with Crippen molar-refractivity contribution in [2.24, 2.45) is 0 Å². The van der Waals surface area contributed by atoms with Gasteiger partial charge in [0.2, 0.25) is 0 Å².